The van der Waals surface area contributed by atoms with Crippen molar-refractivity contribution in [3.8, 4) is 10.4 Å². The van der Waals surface area contributed by atoms with Gasteiger partial charge >= 0.3 is 0 Å². The molecule has 2 heterocycles. The summed E-state index contributed by atoms with van der Waals surface area (Å²) in [6.45, 7) is 3.97. The van der Waals surface area contributed by atoms with Gasteiger partial charge < -0.3 is 10.2 Å². The molecule has 2 aromatic rings. The molecule has 1 saturated heterocycles. The quantitative estimate of drug-likeness (QED) is 0.865. The molecule has 1 aliphatic heterocycles. The lowest BCUT2D eigenvalue weighted by molar-refractivity contribution is -0.120. The van der Waals surface area contributed by atoms with E-state index in [0.29, 0.717) is 6.42 Å². The molecule has 0 saturated carbocycles. The Kier molecular flexibility index (Phi) is 5.99. The number of nitrogens with one attached hydrogen (secondary N) is 1. The molecule has 5 heteroatoms. The van der Waals surface area contributed by atoms with Crippen LogP contribution in [-0.4, -0.2) is 37.0 Å². The molecule has 0 bridgehead atoms. The Labute approximate surface area is 146 Å². The van der Waals surface area contributed by atoms with Crippen molar-refractivity contribution in [3.63, 3.8) is 0 Å². The van der Waals surface area contributed by atoms with Crippen molar-refractivity contribution < 1.29 is 9.18 Å². The number of nitrogens with zero attached hydrogens (tertiary/aromatic N) is 1. The van der Waals surface area contributed by atoms with E-state index in [2.05, 4.69) is 10.2 Å². The minimum atomic E-state index is -0.233. The number of likely N-dealkylation sites (tertiary alicyclic amines) is 1. The Balaban J connectivity index is 1.45. The van der Waals surface area contributed by atoms with E-state index in [1.165, 1.54) is 31.4 Å². The summed E-state index contributed by atoms with van der Waals surface area (Å²) in [5, 5.41) is 3.01. The fourth-order valence-corrected chi connectivity index (χ4v) is 4.01. The first-order valence-corrected chi connectivity index (χ1v) is 9.36. The van der Waals surface area contributed by atoms with Crippen LogP contribution < -0.4 is 5.32 Å². The minimum Gasteiger partial charge on any atom is -0.355 e. The number of piperidine rings is 1. The predicted octanol–water partition coefficient (Wildman–Crippen LogP) is 3.70. The topological polar surface area (TPSA) is 32.3 Å². The zero-order valence-corrected chi connectivity index (χ0v) is 14.6. The van der Waals surface area contributed by atoms with Crippen LogP contribution in [0.4, 0.5) is 4.39 Å². The van der Waals surface area contributed by atoms with Crippen molar-refractivity contribution in [2.24, 2.45) is 0 Å². The van der Waals surface area contributed by atoms with Gasteiger partial charge in [-0.3, -0.25) is 4.79 Å². The number of thiophene rings is 1. The molecule has 1 aromatic heterocycles. The molecule has 3 nitrogen and oxygen atoms in total. The van der Waals surface area contributed by atoms with Crippen LogP contribution in [0.15, 0.2) is 36.4 Å². The largest absolute Gasteiger partial charge is 0.355 e. The van der Waals surface area contributed by atoms with E-state index in [9.17, 15) is 9.18 Å². The summed E-state index contributed by atoms with van der Waals surface area (Å²) in [6.07, 6.45) is 4.29. The molecule has 1 aliphatic rings. The number of rotatable bonds is 6. The molecule has 3 rings (SSSR count). The number of hydrogen-bond acceptors (Lipinski definition) is 3. The van der Waals surface area contributed by atoms with Crippen LogP contribution in [0.1, 0.15) is 24.1 Å². The third-order valence-corrected chi connectivity index (χ3v) is 5.46. The Hall–Kier alpha value is -1.72. The molecule has 0 spiro atoms. The van der Waals surface area contributed by atoms with Crippen molar-refractivity contribution in [1.82, 2.24) is 10.2 Å². The Morgan fingerprint density at radius 3 is 2.58 bits per heavy atom. The molecule has 0 unspecified atom stereocenters. The predicted molar refractivity (Wildman–Crippen MR) is 96.7 cm³/mol. The van der Waals surface area contributed by atoms with Gasteiger partial charge in [0.25, 0.3) is 0 Å². The number of carbonyl (C=O) groups excluding carboxylic acids is 1. The highest BCUT2D eigenvalue weighted by molar-refractivity contribution is 7.15. The van der Waals surface area contributed by atoms with Crippen LogP contribution in [0.25, 0.3) is 10.4 Å². The van der Waals surface area contributed by atoms with E-state index in [1.807, 2.05) is 12.1 Å². The highest BCUT2D eigenvalue weighted by Crippen LogP contribution is 2.28. The normalized spacial score (nSPS) is 15.4. The third kappa shape index (κ3) is 4.89. The van der Waals surface area contributed by atoms with E-state index >= 15 is 0 Å². The highest BCUT2D eigenvalue weighted by atomic mass is 32.1. The molecule has 1 aromatic carbocycles. The Bertz CT molecular complexity index is 662. The third-order valence-electron chi connectivity index (χ3n) is 4.32. The second-order valence-electron chi connectivity index (χ2n) is 6.20. The van der Waals surface area contributed by atoms with Crippen molar-refractivity contribution >= 4 is 17.2 Å². The van der Waals surface area contributed by atoms with Crippen LogP contribution in [0.5, 0.6) is 0 Å². The van der Waals surface area contributed by atoms with E-state index in [4.69, 9.17) is 0 Å². The lowest BCUT2D eigenvalue weighted by Crippen LogP contribution is -2.38. The first kappa shape index (κ1) is 17.1. The van der Waals surface area contributed by atoms with Gasteiger partial charge in [0, 0.05) is 22.8 Å². The van der Waals surface area contributed by atoms with E-state index in [0.717, 1.165) is 41.5 Å². The monoisotopic (exact) mass is 346 g/mol. The maximum absolute atomic E-state index is 13.0. The Morgan fingerprint density at radius 1 is 1.08 bits per heavy atom. The minimum absolute atomic E-state index is 0.0690. The second-order valence-corrected chi connectivity index (χ2v) is 7.37. The summed E-state index contributed by atoms with van der Waals surface area (Å²) in [6, 6.07) is 10.4. The highest BCUT2D eigenvalue weighted by Gasteiger charge is 2.11. The maximum atomic E-state index is 13.0. The summed E-state index contributed by atoms with van der Waals surface area (Å²) >= 11 is 1.59. The Morgan fingerprint density at radius 2 is 1.83 bits per heavy atom. The van der Waals surface area contributed by atoms with Crippen LogP contribution in [0.3, 0.4) is 0 Å². The lowest BCUT2D eigenvalue weighted by atomic mass is 10.1. The zero-order chi connectivity index (χ0) is 16.8. The van der Waals surface area contributed by atoms with Crippen LogP contribution in [-0.2, 0) is 11.2 Å². The van der Waals surface area contributed by atoms with Crippen molar-refractivity contribution in [3.05, 3.63) is 47.1 Å². The standard InChI is InChI=1S/C19H23FN2OS/c20-16-6-4-15(5-7-16)18-9-8-17(24-18)14-19(23)21-10-13-22-11-2-1-3-12-22/h4-9H,1-3,10-14H2,(H,21,23). The number of amides is 1. The van der Waals surface area contributed by atoms with Crippen LogP contribution in [0.2, 0.25) is 0 Å². The van der Waals surface area contributed by atoms with Crippen molar-refractivity contribution in [2.75, 3.05) is 26.2 Å². The van der Waals surface area contributed by atoms with Gasteiger partial charge in [-0.1, -0.05) is 18.6 Å². The number of benzene rings is 1. The molecule has 1 fully saturated rings. The number of halogens is 1. The molecular formula is C19H23FN2OS. The summed E-state index contributed by atoms with van der Waals surface area (Å²) in [5.74, 6) is -0.164. The average Bonchev–Trinajstić information content (AvgIpc) is 3.05. The van der Waals surface area contributed by atoms with Gasteiger partial charge in [0.1, 0.15) is 5.82 Å². The van der Waals surface area contributed by atoms with Gasteiger partial charge in [0.05, 0.1) is 6.42 Å². The van der Waals surface area contributed by atoms with E-state index < -0.39 is 0 Å². The molecule has 0 radical (unpaired) electrons. The van der Waals surface area contributed by atoms with Gasteiger partial charge in [-0.25, -0.2) is 4.39 Å². The zero-order valence-electron chi connectivity index (χ0n) is 13.8. The lowest BCUT2D eigenvalue weighted by Gasteiger charge is -2.26. The van der Waals surface area contributed by atoms with Crippen LogP contribution >= 0.6 is 11.3 Å². The van der Waals surface area contributed by atoms with Gasteiger partial charge in [-0.15, -0.1) is 11.3 Å². The molecule has 1 N–H and O–H groups in total. The average molecular weight is 346 g/mol. The molecule has 1 amide bonds. The number of carbonyl (C=O) groups is 1. The summed E-state index contributed by atoms with van der Waals surface area (Å²) < 4.78 is 13.0. The van der Waals surface area contributed by atoms with Gasteiger partial charge in [0.15, 0.2) is 0 Å². The molecule has 0 atom stereocenters. The van der Waals surface area contributed by atoms with Crippen molar-refractivity contribution in [1.29, 1.82) is 0 Å². The maximum Gasteiger partial charge on any atom is 0.225 e. The molecule has 24 heavy (non-hydrogen) atoms. The van der Waals surface area contributed by atoms with Crippen LogP contribution in [0, 0.1) is 5.82 Å². The number of hydrogen-bond donors (Lipinski definition) is 1. The van der Waals surface area contributed by atoms with Gasteiger partial charge in [0.2, 0.25) is 5.91 Å². The summed E-state index contributed by atoms with van der Waals surface area (Å²) in [4.78, 5) is 16.6. The summed E-state index contributed by atoms with van der Waals surface area (Å²) in [7, 11) is 0. The smallest absolute Gasteiger partial charge is 0.225 e. The summed E-state index contributed by atoms with van der Waals surface area (Å²) in [5.41, 5.74) is 0.984. The SMILES string of the molecule is O=C(Cc1ccc(-c2ccc(F)cc2)s1)NCCN1CCCCC1. The fourth-order valence-electron chi connectivity index (χ4n) is 3.00. The molecule has 128 valence electrons. The fraction of sp³-hybridized carbons (Fsp3) is 0.421. The van der Waals surface area contributed by atoms with Gasteiger partial charge in [-0.05, 0) is 55.8 Å². The first-order chi connectivity index (χ1) is 11.7. The second kappa shape index (κ2) is 8.40. The molecular weight excluding hydrogens is 323 g/mol. The van der Waals surface area contributed by atoms with E-state index in [1.54, 1.807) is 23.5 Å². The van der Waals surface area contributed by atoms with Crippen molar-refractivity contribution in [2.45, 2.75) is 25.7 Å². The van der Waals surface area contributed by atoms with E-state index in [-0.39, 0.29) is 11.7 Å². The van der Waals surface area contributed by atoms with Gasteiger partial charge in [-0.2, -0.15) is 0 Å². The molecule has 0 aliphatic carbocycles. The first-order valence-electron chi connectivity index (χ1n) is 8.54.